The predicted octanol–water partition coefficient (Wildman–Crippen LogP) is 2.32. The number of methoxy groups -OCH3 is 2. The number of carbonyl (C=O) groups is 3. The molecule has 166 valence electrons. The molecule has 1 atom stereocenters. The third-order valence-electron chi connectivity index (χ3n) is 4.21. The van der Waals surface area contributed by atoms with Gasteiger partial charge in [0.2, 0.25) is 5.91 Å². The number of amides is 1. The third-order valence-corrected chi connectivity index (χ3v) is 5.28. The second-order valence-electron chi connectivity index (χ2n) is 6.37. The molecule has 1 amide bonds. The van der Waals surface area contributed by atoms with E-state index in [-0.39, 0.29) is 17.3 Å². The maximum absolute atomic E-state index is 12.5. The van der Waals surface area contributed by atoms with Crippen molar-refractivity contribution in [2.75, 3.05) is 14.2 Å². The van der Waals surface area contributed by atoms with Gasteiger partial charge in [-0.1, -0.05) is 11.8 Å². The second kappa shape index (κ2) is 10.4. The largest absolute Gasteiger partial charge is 0.497 e. The van der Waals surface area contributed by atoms with Gasteiger partial charge in [0.15, 0.2) is 16.7 Å². The van der Waals surface area contributed by atoms with Crippen LogP contribution in [0.25, 0.3) is 0 Å². The van der Waals surface area contributed by atoms with Crippen LogP contribution in [-0.2, 0) is 9.59 Å². The maximum atomic E-state index is 12.5. The molecule has 0 aromatic heterocycles. The molecule has 1 aliphatic heterocycles. The number of nitrogens with zero attached hydrogens (tertiary/aromatic N) is 2. The molecule has 0 saturated carbocycles. The summed E-state index contributed by atoms with van der Waals surface area (Å²) in [5.41, 5.74) is 0.896. The average Bonchev–Trinajstić information content (AvgIpc) is 3.12. The van der Waals surface area contributed by atoms with Crippen LogP contribution >= 0.6 is 11.8 Å². The van der Waals surface area contributed by atoms with Crippen molar-refractivity contribution in [2.45, 2.75) is 11.7 Å². The summed E-state index contributed by atoms with van der Waals surface area (Å²) in [5, 5.41) is 18.6. The standard InChI is InChI=1S/C21H19N3O7S/c1-29-14-6-4-13(5-7-14)20(28)31-16-9-12(3-8-15(16)30-2)11-22-24-21-23-19(27)17(32-21)10-18(25)26/h3-9,11,17H,10H2,1-2H3,(H,25,26)(H,23,24,27)/b22-11+. The van der Waals surface area contributed by atoms with Gasteiger partial charge in [-0.25, -0.2) is 4.79 Å². The number of ether oxygens (including phenoxy) is 3. The number of hydrogen-bond acceptors (Lipinski definition) is 9. The Morgan fingerprint density at radius 1 is 1.12 bits per heavy atom. The lowest BCUT2D eigenvalue weighted by atomic mass is 10.2. The van der Waals surface area contributed by atoms with Gasteiger partial charge in [-0.3, -0.25) is 9.59 Å². The summed E-state index contributed by atoms with van der Waals surface area (Å²) in [6.45, 7) is 0. The van der Waals surface area contributed by atoms with E-state index in [0.717, 1.165) is 11.8 Å². The Kier molecular flexibility index (Phi) is 7.45. The van der Waals surface area contributed by atoms with Gasteiger partial charge in [-0.2, -0.15) is 5.10 Å². The Bertz CT molecular complexity index is 1080. The number of rotatable bonds is 8. The van der Waals surface area contributed by atoms with Crippen molar-refractivity contribution in [2.24, 2.45) is 10.2 Å². The highest BCUT2D eigenvalue weighted by Crippen LogP contribution is 2.29. The van der Waals surface area contributed by atoms with Crippen LogP contribution in [0.15, 0.2) is 52.7 Å². The lowest BCUT2D eigenvalue weighted by molar-refractivity contribution is -0.138. The molecule has 2 aromatic carbocycles. The molecule has 3 rings (SSSR count). The molecule has 1 fully saturated rings. The van der Waals surface area contributed by atoms with Crippen molar-refractivity contribution < 1.29 is 33.7 Å². The summed E-state index contributed by atoms with van der Waals surface area (Å²) in [6.07, 6.45) is 1.09. The first-order valence-electron chi connectivity index (χ1n) is 9.24. The lowest BCUT2D eigenvalue weighted by Crippen LogP contribution is -2.26. The number of carbonyl (C=O) groups excluding carboxylic acids is 2. The number of benzene rings is 2. The van der Waals surface area contributed by atoms with Crippen LogP contribution in [0.5, 0.6) is 17.2 Å². The number of carboxylic acids is 1. The minimum Gasteiger partial charge on any atom is -0.497 e. The molecule has 0 spiro atoms. The van der Waals surface area contributed by atoms with Crippen LogP contribution in [-0.4, -0.2) is 53.8 Å². The Hall–Kier alpha value is -3.86. The van der Waals surface area contributed by atoms with E-state index in [1.54, 1.807) is 42.5 Å². The molecule has 0 radical (unpaired) electrons. The summed E-state index contributed by atoms with van der Waals surface area (Å²) in [4.78, 5) is 35.0. The van der Waals surface area contributed by atoms with E-state index in [9.17, 15) is 14.4 Å². The van der Waals surface area contributed by atoms with E-state index in [1.807, 2.05) is 0 Å². The molecule has 1 unspecified atom stereocenters. The molecule has 10 nitrogen and oxygen atoms in total. The summed E-state index contributed by atoms with van der Waals surface area (Å²) in [6, 6.07) is 11.3. The zero-order chi connectivity index (χ0) is 23.1. The van der Waals surface area contributed by atoms with Crippen LogP contribution < -0.4 is 19.5 Å². The summed E-state index contributed by atoms with van der Waals surface area (Å²) in [5.74, 6) is -0.916. The Morgan fingerprint density at radius 2 is 1.88 bits per heavy atom. The van der Waals surface area contributed by atoms with Gasteiger partial charge in [0.1, 0.15) is 11.0 Å². The summed E-state index contributed by atoms with van der Waals surface area (Å²) in [7, 11) is 2.98. The molecule has 32 heavy (non-hydrogen) atoms. The molecule has 1 saturated heterocycles. The highest BCUT2D eigenvalue weighted by Gasteiger charge is 2.32. The molecular weight excluding hydrogens is 438 g/mol. The molecule has 2 N–H and O–H groups in total. The van der Waals surface area contributed by atoms with Crippen molar-refractivity contribution in [1.29, 1.82) is 0 Å². The maximum Gasteiger partial charge on any atom is 0.343 e. The van der Waals surface area contributed by atoms with E-state index in [4.69, 9.17) is 19.3 Å². The monoisotopic (exact) mass is 457 g/mol. The SMILES string of the molecule is COc1ccc(C(=O)Oc2cc(/C=N/N=C3\NC(=O)C(CC(=O)O)S3)ccc2OC)cc1. The van der Waals surface area contributed by atoms with Gasteiger partial charge >= 0.3 is 11.9 Å². The smallest absolute Gasteiger partial charge is 0.343 e. The van der Waals surface area contributed by atoms with Crippen molar-refractivity contribution >= 4 is 41.0 Å². The minimum atomic E-state index is -1.07. The highest BCUT2D eigenvalue weighted by molar-refractivity contribution is 8.15. The second-order valence-corrected chi connectivity index (χ2v) is 7.56. The van der Waals surface area contributed by atoms with E-state index in [2.05, 4.69) is 15.5 Å². The van der Waals surface area contributed by atoms with Gasteiger partial charge in [0.25, 0.3) is 0 Å². The van der Waals surface area contributed by atoms with Crippen molar-refractivity contribution in [3.05, 3.63) is 53.6 Å². The Labute approximate surface area is 187 Å². The number of esters is 1. The van der Waals surface area contributed by atoms with Gasteiger partial charge < -0.3 is 24.6 Å². The number of thioether (sulfide) groups is 1. The normalized spacial score (nSPS) is 16.8. The zero-order valence-corrected chi connectivity index (χ0v) is 17.9. The van der Waals surface area contributed by atoms with Gasteiger partial charge in [-0.15, -0.1) is 5.10 Å². The Morgan fingerprint density at radius 3 is 2.53 bits per heavy atom. The van der Waals surface area contributed by atoms with Crippen LogP contribution in [0.3, 0.4) is 0 Å². The summed E-state index contributed by atoms with van der Waals surface area (Å²) >= 11 is 0.997. The zero-order valence-electron chi connectivity index (χ0n) is 17.1. The fraction of sp³-hybridized carbons (Fsp3) is 0.190. The first kappa shape index (κ1) is 22.8. The number of hydrogen-bond donors (Lipinski definition) is 2. The fourth-order valence-corrected chi connectivity index (χ4v) is 3.55. The van der Waals surface area contributed by atoms with Crippen LogP contribution in [0.1, 0.15) is 22.3 Å². The van der Waals surface area contributed by atoms with E-state index < -0.39 is 23.1 Å². The van der Waals surface area contributed by atoms with Gasteiger partial charge in [-0.05, 0) is 48.0 Å². The number of nitrogens with one attached hydrogen (secondary N) is 1. The molecule has 2 aromatic rings. The predicted molar refractivity (Wildman–Crippen MR) is 118 cm³/mol. The van der Waals surface area contributed by atoms with E-state index in [1.165, 1.54) is 20.4 Å². The number of carboxylic acid groups (broad SMARTS) is 1. The van der Waals surface area contributed by atoms with Crippen LogP contribution in [0.2, 0.25) is 0 Å². The molecule has 1 aliphatic rings. The molecule has 1 heterocycles. The topological polar surface area (TPSA) is 136 Å². The highest BCUT2D eigenvalue weighted by atomic mass is 32.2. The van der Waals surface area contributed by atoms with E-state index >= 15 is 0 Å². The van der Waals surface area contributed by atoms with Gasteiger partial charge in [0, 0.05) is 0 Å². The van der Waals surface area contributed by atoms with Crippen molar-refractivity contribution in [3.8, 4) is 17.2 Å². The first-order valence-corrected chi connectivity index (χ1v) is 10.1. The van der Waals surface area contributed by atoms with Crippen molar-refractivity contribution in [1.82, 2.24) is 5.32 Å². The summed E-state index contributed by atoms with van der Waals surface area (Å²) < 4.78 is 15.8. The number of aliphatic carboxylic acids is 1. The Balaban J connectivity index is 1.71. The molecule has 0 bridgehead atoms. The first-order chi connectivity index (χ1) is 15.4. The molecule has 11 heteroatoms. The van der Waals surface area contributed by atoms with Crippen LogP contribution in [0.4, 0.5) is 0 Å². The number of amidine groups is 1. The van der Waals surface area contributed by atoms with Gasteiger partial charge in [0.05, 0.1) is 32.4 Å². The fourth-order valence-electron chi connectivity index (χ4n) is 2.63. The molecular formula is C21H19N3O7S. The average molecular weight is 457 g/mol. The van der Waals surface area contributed by atoms with Crippen LogP contribution in [0, 0.1) is 0 Å². The lowest BCUT2D eigenvalue weighted by Gasteiger charge is -2.10. The molecule has 0 aliphatic carbocycles. The minimum absolute atomic E-state index is 0.190. The quantitative estimate of drug-likeness (QED) is 0.267. The van der Waals surface area contributed by atoms with Crippen molar-refractivity contribution in [3.63, 3.8) is 0 Å². The third kappa shape index (κ3) is 5.85. The van der Waals surface area contributed by atoms with E-state index in [0.29, 0.717) is 22.6 Å².